The van der Waals surface area contributed by atoms with Gasteiger partial charge in [-0.25, -0.2) is 4.39 Å². The van der Waals surface area contributed by atoms with Crippen molar-refractivity contribution in [2.24, 2.45) is 0 Å². The topological polar surface area (TPSA) is 71.8 Å². The molecule has 0 saturated carbocycles. The van der Waals surface area contributed by atoms with Crippen LogP contribution in [0.4, 0.5) is 10.1 Å². The number of amides is 2. The van der Waals surface area contributed by atoms with E-state index < -0.39 is 5.82 Å². The second-order valence-electron chi connectivity index (χ2n) is 8.69. The van der Waals surface area contributed by atoms with E-state index in [0.29, 0.717) is 34.9 Å². The van der Waals surface area contributed by atoms with Gasteiger partial charge in [0.15, 0.2) is 0 Å². The molecule has 36 heavy (non-hydrogen) atoms. The molecule has 2 amide bonds. The number of unbranched alkanes of at least 4 members (excludes halogenated alkanes) is 4. The molecule has 6 nitrogen and oxygen atoms in total. The highest BCUT2D eigenvalue weighted by molar-refractivity contribution is 8.00. The second kappa shape index (κ2) is 12.6. The van der Waals surface area contributed by atoms with Gasteiger partial charge in [-0.2, -0.15) is 0 Å². The van der Waals surface area contributed by atoms with Crippen LogP contribution < -0.4 is 15.0 Å². The molecule has 0 atom stereocenters. The number of rotatable bonds is 12. The molecule has 1 N–H and O–H groups in total. The van der Waals surface area contributed by atoms with Gasteiger partial charge in [0.1, 0.15) is 17.3 Å². The molecule has 3 aromatic rings. The third-order valence-corrected chi connectivity index (χ3v) is 7.10. The molecule has 0 radical (unpaired) electrons. The molecule has 1 aliphatic heterocycles. The minimum absolute atomic E-state index is 0.0638. The van der Waals surface area contributed by atoms with Gasteiger partial charge in [0.2, 0.25) is 5.91 Å². The quantitative estimate of drug-likeness (QED) is 0.288. The van der Waals surface area contributed by atoms with Crippen LogP contribution in [0.3, 0.4) is 0 Å². The van der Waals surface area contributed by atoms with Gasteiger partial charge in [-0.15, -0.1) is 11.8 Å². The van der Waals surface area contributed by atoms with Gasteiger partial charge >= 0.3 is 0 Å². The van der Waals surface area contributed by atoms with Crippen LogP contribution in [0.5, 0.6) is 5.75 Å². The monoisotopic (exact) mass is 510 g/mol. The first-order chi connectivity index (χ1) is 17.6. The number of fused-ring (bicyclic) bond motifs is 1. The molecule has 1 aromatic heterocycles. The van der Waals surface area contributed by atoms with Gasteiger partial charge in [0.05, 0.1) is 37.4 Å². The zero-order valence-corrected chi connectivity index (χ0v) is 21.2. The number of carbonyl (C=O) groups excluding carboxylic acids is 2. The summed E-state index contributed by atoms with van der Waals surface area (Å²) in [5.74, 6) is 0.591. The van der Waals surface area contributed by atoms with Crippen molar-refractivity contribution in [3.63, 3.8) is 0 Å². The second-order valence-corrected chi connectivity index (χ2v) is 9.71. The van der Waals surface area contributed by atoms with Gasteiger partial charge in [-0.1, -0.05) is 38.7 Å². The van der Waals surface area contributed by atoms with Crippen LogP contribution in [-0.4, -0.2) is 24.2 Å². The molecule has 4 rings (SSSR count). The smallest absolute Gasteiger partial charge is 0.251 e. The first-order valence-corrected chi connectivity index (χ1v) is 13.3. The number of hydrogen-bond donors (Lipinski definition) is 1. The van der Waals surface area contributed by atoms with Gasteiger partial charge in [-0.3, -0.25) is 9.59 Å². The maximum absolute atomic E-state index is 14.9. The zero-order chi connectivity index (χ0) is 25.3. The van der Waals surface area contributed by atoms with E-state index in [1.165, 1.54) is 30.7 Å². The van der Waals surface area contributed by atoms with Crippen LogP contribution in [0.15, 0.2) is 64.1 Å². The van der Waals surface area contributed by atoms with Crippen molar-refractivity contribution in [2.75, 3.05) is 17.3 Å². The Morgan fingerprint density at radius 1 is 1.14 bits per heavy atom. The normalized spacial score (nSPS) is 12.9. The number of carbonyl (C=O) groups is 2. The van der Waals surface area contributed by atoms with Gasteiger partial charge in [0.25, 0.3) is 5.91 Å². The molecule has 2 aromatic carbocycles. The Balaban J connectivity index is 1.46. The van der Waals surface area contributed by atoms with Gasteiger partial charge in [-0.05, 0) is 48.9 Å². The molecule has 0 unspecified atom stereocenters. The molecule has 0 spiro atoms. The van der Waals surface area contributed by atoms with Crippen LogP contribution in [0, 0.1) is 5.82 Å². The maximum atomic E-state index is 14.9. The Morgan fingerprint density at radius 2 is 2.00 bits per heavy atom. The summed E-state index contributed by atoms with van der Waals surface area (Å²) < 4.78 is 26.1. The summed E-state index contributed by atoms with van der Waals surface area (Å²) in [4.78, 5) is 27.8. The standard InChI is InChI=1S/C28H31FN2O4S/c1-2-3-4-5-6-14-35-25-11-7-10-23(29)22(25)18-31-24-13-12-20(16-26(24)36-19-27(31)32)28(33)30-17-21-9-8-15-34-21/h7-13,15-16H,2-6,14,17-19H2,1H3,(H,30,33). The van der Waals surface area contributed by atoms with E-state index in [1.54, 1.807) is 53.6 Å². The van der Waals surface area contributed by atoms with E-state index in [1.807, 2.05) is 0 Å². The minimum atomic E-state index is -0.403. The number of halogens is 1. The molecular formula is C28H31FN2O4S. The highest BCUT2D eigenvalue weighted by Crippen LogP contribution is 2.38. The maximum Gasteiger partial charge on any atom is 0.251 e. The molecule has 0 fully saturated rings. The van der Waals surface area contributed by atoms with E-state index in [0.717, 1.165) is 24.2 Å². The van der Waals surface area contributed by atoms with Crippen molar-refractivity contribution in [3.05, 3.63) is 77.5 Å². The zero-order valence-electron chi connectivity index (χ0n) is 20.4. The summed E-state index contributed by atoms with van der Waals surface area (Å²) in [6.45, 7) is 3.03. The molecule has 8 heteroatoms. The number of anilines is 1. The lowest BCUT2D eigenvalue weighted by Crippen LogP contribution is -2.35. The fourth-order valence-electron chi connectivity index (χ4n) is 4.08. The Kier molecular flexibility index (Phi) is 9.06. The number of benzene rings is 2. The summed E-state index contributed by atoms with van der Waals surface area (Å²) >= 11 is 1.38. The molecule has 0 aliphatic carbocycles. The SMILES string of the molecule is CCCCCCCOc1cccc(F)c1CN1C(=O)CSc2cc(C(=O)NCc3ccco3)ccc21. The number of hydrogen-bond acceptors (Lipinski definition) is 5. The van der Waals surface area contributed by atoms with Gasteiger partial charge < -0.3 is 19.4 Å². The van der Waals surface area contributed by atoms with Crippen LogP contribution in [-0.2, 0) is 17.9 Å². The van der Waals surface area contributed by atoms with E-state index in [-0.39, 0.29) is 30.7 Å². The lowest BCUT2D eigenvalue weighted by molar-refractivity contribution is -0.116. The lowest BCUT2D eigenvalue weighted by Gasteiger charge is -2.30. The van der Waals surface area contributed by atoms with Gasteiger partial charge in [0, 0.05) is 16.0 Å². The highest BCUT2D eigenvalue weighted by Gasteiger charge is 2.27. The average molecular weight is 511 g/mol. The van der Waals surface area contributed by atoms with Crippen LogP contribution in [0.25, 0.3) is 0 Å². The third-order valence-electron chi connectivity index (χ3n) is 6.07. The fraction of sp³-hybridized carbons (Fsp3) is 0.357. The molecule has 0 bridgehead atoms. The summed E-state index contributed by atoms with van der Waals surface area (Å²) in [5.41, 5.74) is 1.50. The van der Waals surface area contributed by atoms with Crippen molar-refractivity contribution in [2.45, 2.75) is 57.0 Å². The highest BCUT2D eigenvalue weighted by atomic mass is 32.2. The number of ether oxygens (including phenoxy) is 1. The van der Waals surface area contributed by atoms with Crippen LogP contribution >= 0.6 is 11.8 Å². The largest absolute Gasteiger partial charge is 0.493 e. The molecule has 0 saturated heterocycles. The van der Waals surface area contributed by atoms with E-state index in [9.17, 15) is 14.0 Å². The van der Waals surface area contributed by atoms with Crippen molar-refractivity contribution >= 4 is 29.3 Å². The molecule has 190 valence electrons. The van der Waals surface area contributed by atoms with E-state index in [4.69, 9.17) is 9.15 Å². The van der Waals surface area contributed by atoms with Crippen molar-refractivity contribution < 1.29 is 23.1 Å². The summed E-state index contributed by atoms with van der Waals surface area (Å²) in [6.07, 6.45) is 7.08. The first-order valence-electron chi connectivity index (χ1n) is 12.3. The van der Waals surface area contributed by atoms with Crippen molar-refractivity contribution in [1.29, 1.82) is 0 Å². The Morgan fingerprint density at radius 3 is 2.81 bits per heavy atom. The predicted molar refractivity (Wildman–Crippen MR) is 139 cm³/mol. The summed E-state index contributed by atoms with van der Waals surface area (Å²) in [7, 11) is 0. The number of furan rings is 1. The first kappa shape index (κ1) is 25.8. The van der Waals surface area contributed by atoms with E-state index in [2.05, 4.69) is 12.2 Å². The molecular weight excluding hydrogens is 479 g/mol. The fourth-order valence-corrected chi connectivity index (χ4v) is 5.05. The van der Waals surface area contributed by atoms with Crippen molar-refractivity contribution in [3.8, 4) is 5.75 Å². The Hall–Kier alpha value is -3.26. The van der Waals surface area contributed by atoms with Crippen LogP contribution in [0.2, 0.25) is 0 Å². The Bertz CT molecular complexity index is 1180. The predicted octanol–water partition coefficient (Wildman–Crippen LogP) is 6.34. The summed E-state index contributed by atoms with van der Waals surface area (Å²) in [5, 5.41) is 2.83. The Labute approximate surface area is 215 Å². The van der Waals surface area contributed by atoms with Crippen molar-refractivity contribution in [1.82, 2.24) is 5.32 Å². The minimum Gasteiger partial charge on any atom is -0.493 e. The molecule has 2 heterocycles. The summed E-state index contributed by atoms with van der Waals surface area (Å²) in [6, 6.07) is 13.5. The van der Waals surface area contributed by atoms with Crippen LogP contribution in [0.1, 0.15) is 60.7 Å². The average Bonchev–Trinajstić information content (AvgIpc) is 3.41. The lowest BCUT2D eigenvalue weighted by atomic mass is 10.1. The van der Waals surface area contributed by atoms with E-state index >= 15 is 0 Å². The third kappa shape index (κ3) is 6.49. The number of nitrogens with zero attached hydrogens (tertiary/aromatic N) is 1. The molecule has 1 aliphatic rings. The number of nitrogens with one attached hydrogen (secondary N) is 1. The number of thioether (sulfide) groups is 1.